The van der Waals surface area contributed by atoms with Crippen LogP contribution >= 0.6 is 7.82 Å². The Balaban J connectivity index is 0. The molecule has 0 saturated heterocycles. The third-order valence-corrected chi connectivity index (χ3v) is 2.48. The quantitative estimate of drug-likeness (QED) is 0.446. The molecule has 0 fully saturated rings. The molecule has 0 aliphatic carbocycles. The topological polar surface area (TPSA) is 118 Å². The van der Waals surface area contributed by atoms with Crippen LogP contribution in [0.15, 0.2) is 0 Å². The van der Waals surface area contributed by atoms with Crippen molar-refractivity contribution in [2.45, 2.75) is 39.5 Å². The van der Waals surface area contributed by atoms with E-state index in [1.54, 1.807) is 0 Å². The molecule has 0 atom stereocenters. The fraction of sp³-hybridized carbons (Fsp3) is 1.00. The van der Waals surface area contributed by atoms with Gasteiger partial charge in [-0.3, -0.25) is 0 Å². The van der Waals surface area contributed by atoms with Gasteiger partial charge in [0.25, 0.3) is 0 Å². The highest BCUT2D eigenvalue weighted by Crippen LogP contribution is 2.27. The van der Waals surface area contributed by atoms with E-state index < -0.39 is 7.82 Å². The molecule has 7 heteroatoms. The van der Waals surface area contributed by atoms with E-state index in [2.05, 4.69) is 6.92 Å². The normalized spacial score (nSPS) is 11.9. The van der Waals surface area contributed by atoms with Crippen LogP contribution in [0.25, 0.3) is 0 Å². The summed E-state index contributed by atoms with van der Waals surface area (Å²) in [6, 6.07) is 0. The van der Waals surface area contributed by atoms with Crippen molar-refractivity contribution in [1.29, 1.82) is 0 Å². The van der Waals surface area contributed by atoms with Crippen LogP contribution in [-0.4, -0.2) is 38.1 Å². The zero-order valence-electron chi connectivity index (χ0n) is 9.83. The summed E-state index contributed by atoms with van der Waals surface area (Å²) >= 11 is 0. The summed E-state index contributed by atoms with van der Waals surface area (Å²) < 4.78 is 8.88. The van der Waals surface area contributed by atoms with Crippen LogP contribution < -0.4 is 0 Å². The van der Waals surface area contributed by atoms with Crippen molar-refractivity contribution in [2.24, 2.45) is 5.41 Å². The molecule has 100 valence electrons. The molecule has 0 aromatic carbocycles. The van der Waals surface area contributed by atoms with Crippen molar-refractivity contribution >= 4 is 7.82 Å². The first-order chi connectivity index (χ1) is 7.24. The monoisotopic (exact) mass is 258 g/mol. The maximum atomic E-state index is 9.04. The Bertz CT molecular complexity index is 182. The van der Waals surface area contributed by atoms with E-state index >= 15 is 0 Å². The summed E-state index contributed by atoms with van der Waals surface area (Å²) in [6.45, 7) is 4.36. The van der Waals surface area contributed by atoms with Gasteiger partial charge in [0.1, 0.15) is 0 Å². The number of hydrogen-bond donors (Lipinski definition) is 5. The lowest BCUT2D eigenvalue weighted by molar-refractivity contribution is 0.0420. The molecule has 0 bridgehead atoms. The average molecular weight is 258 g/mol. The maximum absolute atomic E-state index is 9.04. The van der Waals surface area contributed by atoms with Gasteiger partial charge in [-0.05, 0) is 12.8 Å². The Morgan fingerprint density at radius 2 is 1.44 bits per heavy atom. The zero-order chi connectivity index (χ0) is 13.2. The minimum absolute atomic E-state index is 0.111. The molecule has 0 spiro atoms. The van der Waals surface area contributed by atoms with Crippen LogP contribution in [0.2, 0.25) is 0 Å². The highest BCUT2D eigenvalue weighted by atomic mass is 31.2. The smallest absolute Gasteiger partial charge is 0.396 e. The molecule has 0 heterocycles. The first-order valence-electron chi connectivity index (χ1n) is 5.24. The number of hydrogen-bond acceptors (Lipinski definition) is 3. The summed E-state index contributed by atoms with van der Waals surface area (Å²) in [5.74, 6) is 0. The second kappa shape index (κ2) is 9.10. The summed E-state index contributed by atoms with van der Waals surface area (Å²) in [5, 5.41) is 18.1. The number of unbranched alkanes of at least 4 members (excludes halogenated alkanes) is 1. The molecule has 0 amide bonds. The van der Waals surface area contributed by atoms with Crippen LogP contribution in [0.4, 0.5) is 0 Å². The molecule has 0 aromatic heterocycles. The van der Waals surface area contributed by atoms with Gasteiger partial charge < -0.3 is 24.9 Å². The van der Waals surface area contributed by atoms with E-state index in [0.29, 0.717) is 0 Å². The molecule has 0 aromatic rings. The number of phosphoric acid groups is 1. The van der Waals surface area contributed by atoms with Crippen molar-refractivity contribution in [2.75, 3.05) is 13.2 Å². The van der Waals surface area contributed by atoms with Crippen molar-refractivity contribution in [3.05, 3.63) is 0 Å². The third kappa shape index (κ3) is 12.1. The van der Waals surface area contributed by atoms with Gasteiger partial charge in [0.05, 0.1) is 13.2 Å². The molecule has 0 aliphatic heterocycles. The van der Waals surface area contributed by atoms with Crippen LogP contribution in [0, 0.1) is 5.41 Å². The number of rotatable bonds is 6. The molecular formula is C9H23O6P. The minimum Gasteiger partial charge on any atom is -0.396 e. The highest BCUT2D eigenvalue weighted by Gasteiger charge is 2.25. The fourth-order valence-corrected chi connectivity index (χ4v) is 1.16. The summed E-state index contributed by atoms with van der Waals surface area (Å²) in [5.41, 5.74) is -0.212. The first kappa shape index (κ1) is 18.4. The van der Waals surface area contributed by atoms with Gasteiger partial charge in [-0.25, -0.2) is 4.57 Å². The van der Waals surface area contributed by atoms with E-state index in [4.69, 9.17) is 29.5 Å². The molecule has 6 nitrogen and oxygen atoms in total. The molecular weight excluding hydrogens is 235 g/mol. The minimum atomic E-state index is -4.64. The van der Waals surface area contributed by atoms with Gasteiger partial charge in [0.15, 0.2) is 0 Å². The largest absolute Gasteiger partial charge is 0.466 e. The molecule has 0 unspecified atom stereocenters. The van der Waals surface area contributed by atoms with Gasteiger partial charge in [0, 0.05) is 5.41 Å². The second-order valence-corrected chi connectivity index (χ2v) is 4.81. The van der Waals surface area contributed by atoms with E-state index in [0.717, 1.165) is 25.7 Å². The standard InChI is InChI=1S/C9H20O2.H3O4P/c1-3-5-6-9(4-2,7-10)8-11;1-5(2,3)4/h10-11H,3-8H2,1-2H3;(H3,1,2,3,4). The Morgan fingerprint density at radius 1 is 1.06 bits per heavy atom. The highest BCUT2D eigenvalue weighted by molar-refractivity contribution is 7.45. The van der Waals surface area contributed by atoms with E-state index in [9.17, 15) is 0 Å². The molecule has 16 heavy (non-hydrogen) atoms. The van der Waals surface area contributed by atoms with Gasteiger partial charge in [-0.2, -0.15) is 0 Å². The first-order valence-corrected chi connectivity index (χ1v) is 6.81. The molecule has 0 saturated carbocycles. The van der Waals surface area contributed by atoms with Crippen molar-refractivity contribution in [3.8, 4) is 0 Å². The Kier molecular flexibility index (Phi) is 10.5. The van der Waals surface area contributed by atoms with Crippen molar-refractivity contribution < 1.29 is 29.5 Å². The van der Waals surface area contributed by atoms with Gasteiger partial charge >= 0.3 is 7.82 Å². The Hall–Kier alpha value is 0.0300. The predicted molar refractivity (Wildman–Crippen MR) is 60.7 cm³/mol. The Morgan fingerprint density at radius 3 is 1.62 bits per heavy atom. The third-order valence-electron chi connectivity index (χ3n) is 2.48. The van der Waals surface area contributed by atoms with E-state index in [-0.39, 0.29) is 18.6 Å². The van der Waals surface area contributed by atoms with Crippen LogP contribution in [0.5, 0.6) is 0 Å². The molecule has 0 radical (unpaired) electrons. The van der Waals surface area contributed by atoms with E-state index in [1.165, 1.54) is 0 Å². The fourth-order valence-electron chi connectivity index (χ4n) is 1.16. The van der Waals surface area contributed by atoms with Crippen LogP contribution in [0.3, 0.4) is 0 Å². The summed E-state index contributed by atoms with van der Waals surface area (Å²) in [6.07, 6.45) is 4.02. The van der Waals surface area contributed by atoms with Crippen LogP contribution in [0.1, 0.15) is 39.5 Å². The van der Waals surface area contributed by atoms with Gasteiger partial charge in [0.2, 0.25) is 0 Å². The zero-order valence-corrected chi connectivity index (χ0v) is 10.7. The second-order valence-electron chi connectivity index (χ2n) is 3.79. The van der Waals surface area contributed by atoms with Crippen LogP contribution in [-0.2, 0) is 4.57 Å². The SMILES string of the molecule is CCCCC(CC)(CO)CO.O=P(O)(O)O. The lowest BCUT2D eigenvalue weighted by atomic mass is 9.82. The van der Waals surface area contributed by atoms with Gasteiger partial charge in [-0.1, -0.05) is 26.7 Å². The number of aliphatic hydroxyl groups excluding tert-OH is 2. The molecule has 5 N–H and O–H groups in total. The predicted octanol–water partition coefficient (Wildman–Crippen LogP) is 0.629. The average Bonchev–Trinajstić information content (AvgIpc) is 2.19. The van der Waals surface area contributed by atoms with Crippen molar-refractivity contribution in [1.82, 2.24) is 0 Å². The lowest BCUT2D eigenvalue weighted by Crippen LogP contribution is -2.28. The summed E-state index contributed by atoms with van der Waals surface area (Å²) in [7, 11) is -4.64. The van der Waals surface area contributed by atoms with E-state index in [1.807, 2.05) is 6.92 Å². The molecule has 0 rings (SSSR count). The lowest BCUT2D eigenvalue weighted by Gasteiger charge is -2.27. The molecule has 0 aliphatic rings. The van der Waals surface area contributed by atoms with Gasteiger partial charge in [-0.15, -0.1) is 0 Å². The maximum Gasteiger partial charge on any atom is 0.466 e. The Labute approximate surface area is 96.2 Å². The summed E-state index contributed by atoms with van der Waals surface area (Å²) in [4.78, 5) is 21.6. The number of aliphatic hydroxyl groups is 2. The van der Waals surface area contributed by atoms with Crippen molar-refractivity contribution in [3.63, 3.8) is 0 Å².